The molecule has 0 aromatic heterocycles. The first kappa shape index (κ1) is 8.10. The van der Waals surface area contributed by atoms with Crippen LogP contribution < -0.4 is 5.46 Å². The third-order valence-corrected chi connectivity index (χ3v) is 1.23. The molecule has 0 unspecified atom stereocenters. The summed E-state index contributed by atoms with van der Waals surface area (Å²) in [5, 5.41) is 0. The molecule has 0 spiro atoms. The molecule has 1 aromatic carbocycles. The topological polar surface area (TPSA) is 0 Å². The van der Waals surface area contributed by atoms with Gasteiger partial charge in [-0.25, -0.2) is 4.39 Å². The first-order valence-corrected chi connectivity index (χ1v) is 2.95. The number of rotatable bonds is 1. The third-order valence-electron chi connectivity index (χ3n) is 1.23. The van der Waals surface area contributed by atoms with E-state index in [2.05, 4.69) is 0 Å². The Morgan fingerprint density at radius 3 is 2.09 bits per heavy atom. The summed E-state index contributed by atoms with van der Waals surface area (Å²) in [5.41, 5.74) is -0.898. The molecule has 11 heavy (non-hydrogen) atoms. The Balaban J connectivity index is 3.06. The highest BCUT2D eigenvalue weighted by Gasteiger charge is 2.25. The molecule has 0 aliphatic carbocycles. The highest BCUT2D eigenvalue weighted by Crippen LogP contribution is 2.08. The van der Waals surface area contributed by atoms with Gasteiger partial charge >= 0.3 is 6.98 Å². The van der Waals surface area contributed by atoms with Crippen molar-refractivity contribution >= 4 is 12.4 Å². The summed E-state index contributed by atoms with van der Waals surface area (Å²) < 4.78 is 47.8. The summed E-state index contributed by atoms with van der Waals surface area (Å²) in [6.07, 6.45) is 0. The SMILES string of the molecule is Fc1cccc([B-](F)(F)F)c1. The van der Waals surface area contributed by atoms with Gasteiger partial charge in [0.25, 0.3) is 0 Å². The number of hydrogen-bond donors (Lipinski definition) is 0. The molecule has 1 aromatic rings. The summed E-state index contributed by atoms with van der Waals surface area (Å²) in [4.78, 5) is 0. The van der Waals surface area contributed by atoms with E-state index in [1.54, 1.807) is 0 Å². The van der Waals surface area contributed by atoms with Crippen molar-refractivity contribution < 1.29 is 17.3 Å². The lowest BCUT2D eigenvalue weighted by molar-refractivity contribution is 0.500. The van der Waals surface area contributed by atoms with E-state index in [4.69, 9.17) is 0 Å². The lowest BCUT2D eigenvalue weighted by atomic mass is 9.80. The van der Waals surface area contributed by atoms with E-state index in [-0.39, 0.29) is 0 Å². The van der Waals surface area contributed by atoms with Crippen molar-refractivity contribution in [3.05, 3.63) is 30.1 Å². The van der Waals surface area contributed by atoms with Crippen LogP contribution in [0.3, 0.4) is 0 Å². The average molecular weight is 163 g/mol. The summed E-state index contributed by atoms with van der Waals surface area (Å²) >= 11 is 0. The Morgan fingerprint density at radius 1 is 1.09 bits per heavy atom. The van der Waals surface area contributed by atoms with E-state index in [1.165, 1.54) is 0 Å². The lowest BCUT2D eigenvalue weighted by Crippen LogP contribution is -2.33. The molecule has 0 heterocycles. The fraction of sp³-hybridized carbons (Fsp3) is 0. The van der Waals surface area contributed by atoms with E-state index in [0.29, 0.717) is 6.07 Å². The smallest absolute Gasteiger partial charge is 0.445 e. The van der Waals surface area contributed by atoms with Gasteiger partial charge in [-0.05, 0) is 6.07 Å². The van der Waals surface area contributed by atoms with Crippen molar-refractivity contribution in [2.24, 2.45) is 0 Å². The van der Waals surface area contributed by atoms with Crippen LogP contribution in [0.25, 0.3) is 0 Å². The van der Waals surface area contributed by atoms with Crippen LogP contribution in [0.4, 0.5) is 17.3 Å². The molecular formula is C6H4BF4-. The zero-order valence-corrected chi connectivity index (χ0v) is 5.40. The molecule has 0 aliphatic rings. The van der Waals surface area contributed by atoms with Crippen LogP contribution in [0.1, 0.15) is 0 Å². The monoisotopic (exact) mass is 163 g/mol. The first-order chi connectivity index (χ1) is 5.00. The molecule has 0 saturated carbocycles. The second kappa shape index (κ2) is 2.56. The largest absolute Gasteiger partial charge is 0.509 e. The van der Waals surface area contributed by atoms with Crippen LogP contribution in [0.15, 0.2) is 24.3 Å². The Kier molecular flexibility index (Phi) is 1.89. The Bertz CT molecular complexity index is 255. The van der Waals surface area contributed by atoms with Crippen LogP contribution >= 0.6 is 0 Å². The van der Waals surface area contributed by atoms with Crippen molar-refractivity contribution in [2.45, 2.75) is 0 Å². The van der Waals surface area contributed by atoms with E-state index >= 15 is 0 Å². The maximum Gasteiger partial charge on any atom is 0.509 e. The molecule has 0 atom stereocenters. The highest BCUT2D eigenvalue weighted by atomic mass is 19.4. The van der Waals surface area contributed by atoms with Gasteiger partial charge in [-0.2, -0.15) is 0 Å². The molecule has 60 valence electrons. The van der Waals surface area contributed by atoms with Gasteiger partial charge in [0.1, 0.15) is 5.82 Å². The second-order valence-electron chi connectivity index (χ2n) is 2.13. The predicted octanol–water partition coefficient (Wildman–Crippen LogP) is 1.88. The number of benzene rings is 1. The maximum atomic E-state index is 12.2. The Morgan fingerprint density at radius 2 is 1.73 bits per heavy atom. The molecule has 0 aliphatic heterocycles. The van der Waals surface area contributed by atoms with Crippen LogP contribution in [0.2, 0.25) is 0 Å². The van der Waals surface area contributed by atoms with Crippen LogP contribution in [-0.4, -0.2) is 6.98 Å². The molecule has 5 heteroatoms. The Labute approximate surface area is 60.9 Å². The highest BCUT2D eigenvalue weighted by molar-refractivity contribution is 6.73. The van der Waals surface area contributed by atoms with E-state index < -0.39 is 18.3 Å². The van der Waals surface area contributed by atoms with E-state index in [0.717, 1.165) is 18.2 Å². The molecule has 0 N–H and O–H groups in total. The molecule has 0 nitrogen and oxygen atoms in total. The van der Waals surface area contributed by atoms with Gasteiger partial charge in [0, 0.05) is 0 Å². The normalized spacial score (nSPS) is 11.6. The number of hydrogen-bond acceptors (Lipinski definition) is 0. The minimum absolute atomic E-state index is 0.486. The minimum Gasteiger partial charge on any atom is -0.445 e. The summed E-state index contributed by atoms with van der Waals surface area (Å²) in [6.45, 7) is -5.06. The molecule has 0 saturated heterocycles. The van der Waals surface area contributed by atoms with Gasteiger partial charge in [-0.15, -0.1) is 5.46 Å². The third kappa shape index (κ3) is 1.96. The minimum atomic E-state index is -5.06. The van der Waals surface area contributed by atoms with Crippen molar-refractivity contribution in [1.29, 1.82) is 0 Å². The fourth-order valence-corrected chi connectivity index (χ4v) is 0.710. The number of halogens is 4. The predicted molar refractivity (Wildman–Crippen MR) is 35.1 cm³/mol. The fourth-order valence-electron chi connectivity index (χ4n) is 0.710. The summed E-state index contributed by atoms with van der Waals surface area (Å²) in [7, 11) is 0. The molecular weight excluding hydrogens is 159 g/mol. The van der Waals surface area contributed by atoms with Gasteiger partial charge < -0.3 is 12.9 Å². The lowest BCUT2D eigenvalue weighted by Gasteiger charge is -2.13. The zero-order valence-electron chi connectivity index (χ0n) is 5.40. The van der Waals surface area contributed by atoms with Gasteiger partial charge in [0.05, 0.1) is 0 Å². The molecule has 0 bridgehead atoms. The molecule has 0 fully saturated rings. The summed E-state index contributed by atoms with van der Waals surface area (Å²) in [5.74, 6) is -0.860. The van der Waals surface area contributed by atoms with E-state index in [1.807, 2.05) is 0 Å². The van der Waals surface area contributed by atoms with E-state index in [9.17, 15) is 17.3 Å². The molecule has 1 rings (SSSR count). The van der Waals surface area contributed by atoms with Crippen LogP contribution in [0, 0.1) is 5.82 Å². The van der Waals surface area contributed by atoms with Crippen LogP contribution in [-0.2, 0) is 0 Å². The summed E-state index contributed by atoms with van der Waals surface area (Å²) in [6, 6.07) is 3.36. The quantitative estimate of drug-likeness (QED) is 0.437. The van der Waals surface area contributed by atoms with Gasteiger partial charge in [-0.3, -0.25) is 0 Å². The van der Waals surface area contributed by atoms with Gasteiger partial charge in [0.2, 0.25) is 0 Å². The first-order valence-electron chi connectivity index (χ1n) is 2.95. The zero-order chi connectivity index (χ0) is 8.48. The maximum absolute atomic E-state index is 12.2. The standard InChI is InChI=1S/C6H4BF4/c8-6-3-1-2-5(4-6)7(9,10)11/h1-4H/q-1. The average Bonchev–Trinajstić information content (AvgIpc) is 1.86. The molecule has 0 radical (unpaired) electrons. The van der Waals surface area contributed by atoms with Crippen molar-refractivity contribution in [1.82, 2.24) is 0 Å². The van der Waals surface area contributed by atoms with Gasteiger partial charge in [-0.1, -0.05) is 18.2 Å². The van der Waals surface area contributed by atoms with Gasteiger partial charge in [0.15, 0.2) is 0 Å². The van der Waals surface area contributed by atoms with Crippen LogP contribution in [0.5, 0.6) is 0 Å². The second-order valence-corrected chi connectivity index (χ2v) is 2.13. The van der Waals surface area contributed by atoms with Crippen molar-refractivity contribution in [3.8, 4) is 0 Å². The van der Waals surface area contributed by atoms with Crippen molar-refractivity contribution in [3.63, 3.8) is 0 Å². The Hall–Kier alpha value is -0.995. The molecule has 0 amide bonds. The van der Waals surface area contributed by atoms with Crippen molar-refractivity contribution in [2.75, 3.05) is 0 Å².